The monoisotopic (exact) mass is 555 g/mol. The van der Waals surface area contributed by atoms with Gasteiger partial charge in [0.25, 0.3) is 0 Å². The Kier molecular flexibility index (Phi) is 8.46. The van der Waals surface area contributed by atoms with E-state index in [-0.39, 0.29) is 29.6 Å². The van der Waals surface area contributed by atoms with E-state index in [0.29, 0.717) is 35.8 Å². The number of phenolic OH excluding ortho intramolecular Hbond substituents is 1. The first-order chi connectivity index (χ1) is 18.7. The van der Waals surface area contributed by atoms with Gasteiger partial charge < -0.3 is 25.0 Å². The van der Waals surface area contributed by atoms with Crippen molar-refractivity contribution in [3.63, 3.8) is 0 Å². The van der Waals surface area contributed by atoms with Gasteiger partial charge in [-0.05, 0) is 116 Å². The molecule has 7 heteroatoms. The average Bonchev–Trinajstić information content (AvgIpc) is 3.23. The molecule has 0 radical (unpaired) electrons. The van der Waals surface area contributed by atoms with Gasteiger partial charge in [-0.1, -0.05) is 43.6 Å². The molecule has 2 saturated carbocycles. The molecule has 0 bridgehead atoms. The van der Waals surface area contributed by atoms with Gasteiger partial charge >= 0.3 is 5.97 Å². The lowest BCUT2D eigenvalue weighted by atomic mass is 9.51. The number of phenols is 1. The van der Waals surface area contributed by atoms with Gasteiger partial charge in [0.2, 0.25) is 0 Å². The number of fused-ring (bicyclic) bond motifs is 5. The van der Waals surface area contributed by atoms with E-state index in [4.69, 9.17) is 21.4 Å². The smallest absolute Gasteiger partial charge is 0.303 e. The number of hydrogen-bond donors (Lipinski definition) is 3. The van der Waals surface area contributed by atoms with E-state index < -0.39 is 5.97 Å². The highest BCUT2D eigenvalue weighted by Crippen LogP contribution is 2.65. The molecular weight excluding hydrogens is 514 g/mol. The van der Waals surface area contributed by atoms with Crippen LogP contribution in [0, 0.1) is 17.3 Å². The Morgan fingerprint density at radius 1 is 1.13 bits per heavy atom. The Morgan fingerprint density at radius 2 is 1.90 bits per heavy atom. The zero-order valence-electron chi connectivity index (χ0n) is 23.1. The van der Waals surface area contributed by atoms with Crippen LogP contribution in [0.25, 0.3) is 0 Å². The van der Waals surface area contributed by atoms with Crippen LogP contribution in [0.5, 0.6) is 11.5 Å². The van der Waals surface area contributed by atoms with Crippen LogP contribution >= 0.6 is 11.6 Å². The van der Waals surface area contributed by atoms with Gasteiger partial charge in [0, 0.05) is 13.0 Å². The number of hydrogen-bond acceptors (Lipinski definition) is 5. The van der Waals surface area contributed by atoms with Gasteiger partial charge in [0.05, 0.1) is 11.1 Å². The molecular formula is C32H42ClNO5. The minimum absolute atomic E-state index is 0.0938. The third kappa shape index (κ3) is 5.53. The summed E-state index contributed by atoms with van der Waals surface area (Å²) in [5.74, 6) is 1.78. The molecule has 0 unspecified atom stereocenters. The molecule has 3 aliphatic carbocycles. The summed E-state index contributed by atoms with van der Waals surface area (Å²) in [6, 6.07) is 12.3. The van der Waals surface area contributed by atoms with Crippen LogP contribution in [0.1, 0.15) is 80.9 Å². The second-order valence-corrected chi connectivity index (χ2v) is 12.4. The van der Waals surface area contributed by atoms with E-state index in [1.165, 1.54) is 11.1 Å². The lowest BCUT2D eigenvalue weighted by Gasteiger charge is -2.54. The van der Waals surface area contributed by atoms with E-state index in [9.17, 15) is 15.0 Å². The zero-order valence-corrected chi connectivity index (χ0v) is 23.9. The van der Waals surface area contributed by atoms with Crippen LogP contribution < -0.4 is 4.74 Å². The number of carbonyl (C=O) groups is 1. The van der Waals surface area contributed by atoms with Gasteiger partial charge in [-0.2, -0.15) is 0 Å². The molecule has 0 aliphatic heterocycles. The maximum absolute atomic E-state index is 11.1. The number of carboxylic acid groups (broad SMARTS) is 1. The summed E-state index contributed by atoms with van der Waals surface area (Å²) in [5.41, 5.74) is 3.53. The van der Waals surface area contributed by atoms with Crippen molar-refractivity contribution in [1.29, 1.82) is 0 Å². The summed E-state index contributed by atoms with van der Waals surface area (Å²) >= 11 is 6.61. The van der Waals surface area contributed by atoms with Crippen molar-refractivity contribution < 1.29 is 24.9 Å². The molecule has 2 fully saturated rings. The van der Waals surface area contributed by atoms with Gasteiger partial charge in [-0.15, -0.1) is 0 Å². The highest BCUT2D eigenvalue weighted by atomic mass is 35.5. The summed E-state index contributed by atoms with van der Waals surface area (Å²) in [6.07, 6.45) is 5.35. The van der Waals surface area contributed by atoms with Crippen LogP contribution in [0.3, 0.4) is 0 Å². The van der Waals surface area contributed by atoms with Crippen molar-refractivity contribution in [2.75, 3.05) is 26.2 Å². The molecule has 0 amide bonds. The van der Waals surface area contributed by atoms with E-state index in [1.54, 1.807) is 6.07 Å². The number of aromatic hydroxyl groups is 1. The molecule has 2 aromatic rings. The quantitative estimate of drug-likeness (QED) is 0.322. The third-order valence-corrected chi connectivity index (χ3v) is 10.5. The van der Waals surface area contributed by atoms with Crippen LogP contribution in [0.2, 0.25) is 5.02 Å². The van der Waals surface area contributed by atoms with E-state index in [1.807, 2.05) is 0 Å². The number of ether oxygens (including phenoxy) is 1. The SMILES string of the molecule is CCN(CCCC(=O)O)CCOc1ccc([C@H]2C[C@]3(C)[C@@H](O)CC[C@H]3[C@@H]3CCc4c(ccc(O)c4Cl)[C@H]32)cc1. The van der Waals surface area contributed by atoms with Crippen molar-refractivity contribution in [2.45, 2.75) is 76.7 Å². The number of aliphatic hydroxyl groups excluding tert-OH is 1. The Balaban J connectivity index is 1.33. The van der Waals surface area contributed by atoms with Gasteiger partial charge in [0.1, 0.15) is 18.1 Å². The minimum atomic E-state index is -0.753. The summed E-state index contributed by atoms with van der Waals surface area (Å²) in [7, 11) is 0. The average molecular weight is 556 g/mol. The Morgan fingerprint density at radius 3 is 2.62 bits per heavy atom. The number of halogens is 1. The number of rotatable bonds is 10. The Labute approximate surface area is 236 Å². The normalized spacial score (nSPS) is 29.5. The first-order valence-electron chi connectivity index (χ1n) is 14.6. The molecule has 6 nitrogen and oxygen atoms in total. The number of benzene rings is 2. The van der Waals surface area contributed by atoms with Crippen molar-refractivity contribution in [1.82, 2.24) is 4.90 Å². The lowest BCUT2D eigenvalue weighted by molar-refractivity contribution is -0.137. The van der Waals surface area contributed by atoms with Crippen molar-refractivity contribution in [3.8, 4) is 11.5 Å². The molecule has 3 N–H and O–H groups in total. The second kappa shape index (κ2) is 11.7. The predicted molar refractivity (Wildman–Crippen MR) is 153 cm³/mol. The standard InChI is InChI=1S/C32H42ClNO5/c1-3-34(16-4-5-29(37)38)17-18-39-21-8-6-20(7-9-21)25-19-32(2)26(13-15-28(32)36)24-11-10-23-22(30(24)25)12-14-27(35)31(23)33/h6-9,12,14,24-26,28,30,35-36H,3-5,10-11,13,15-19H2,1-2H3,(H,37,38)/t24-,25+,26-,28-,30+,32-/m0/s1. The number of aliphatic carboxylic acids is 1. The first-order valence-corrected chi connectivity index (χ1v) is 15.0. The van der Waals surface area contributed by atoms with Crippen molar-refractivity contribution >= 4 is 17.6 Å². The fourth-order valence-electron chi connectivity index (χ4n) is 8.02. The topological polar surface area (TPSA) is 90.2 Å². The number of nitrogens with zero attached hydrogens (tertiary/aromatic N) is 1. The second-order valence-electron chi connectivity index (χ2n) is 12.1. The van der Waals surface area contributed by atoms with Crippen LogP contribution in [-0.2, 0) is 11.2 Å². The maximum atomic E-state index is 11.1. The number of carboxylic acids is 1. The summed E-state index contributed by atoms with van der Waals surface area (Å²) in [6.45, 7) is 7.30. The highest BCUT2D eigenvalue weighted by Gasteiger charge is 2.57. The molecule has 0 spiro atoms. The largest absolute Gasteiger partial charge is 0.506 e. The molecule has 39 heavy (non-hydrogen) atoms. The first kappa shape index (κ1) is 28.3. The molecule has 2 aromatic carbocycles. The fraction of sp³-hybridized carbons (Fsp3) is 0.594. The molecule has 0 heterocycles. The number of aliphatic hydroxyl groups is 1. The Hall–Kier alpha value is -2.28. The van der Waals surface area contributed by atoms with Crippen LogP contribution in [0.4, 0.5) is 0 Å². The van der Waals surface area contributed by atoms with Crippen molar-refractivity contribution in [2.24, 2.45) is 17.3 Å². The predicted octanol–water partition coefficient (Wildman–Crippen LogP) is 6.22. The molecule has 212 valence electrons. The van der Waals surface area contributed by atoms with Crippen LogP contribution in [0.15, 0.2) is 36.4 Å². The third-order valence-electron chi connectivity index (χ3n) is 10.1. The summed E-state index contributed by atoms with van der Waals surface area (Å²) in [5, 5.41) is 30.8. The van der Waals surface area contributed by atoms with E-state index in [0.717, 1.165) is 63.1 Å². The fourth-order valence-corrected chi connectivity index (χ4v) is 8.29. The van der Waals surface area contributed by atoms with Gasteiger partial charge in [0.15, 0.2) is 0 Å². The lowest BCUT2D eigenvalue weighted by Crippen LogP contribution is -2.47. The van der Waals surface area contributed by atoms with Gasteiger partial charge in [-0.25, -0.2) is 0 Å². The van der Waals surface area contributed by atoms with Gasteiger partial charge in [-0.3, -0.25) is 4.79 Å². The Bertz CT molecular complexity index is 1170. The van der Waals surface area contributed by atoms with Crippen LogP contribution in [-0.4, -0.2) is 58.5 Å². The molecule has 3 aliphatic rings. The number of likely N-dealkylation sites (N-methyl/N-ethyl adjacent to an activating group) is 1. The molecule has 0 saturated heterocycles. The zero-order chi connectivity index (χ0) is 27.7. The summed E-state index contributed by atoms with van der Waals surface area (Å²) in [4.78, 5) is 13.0. The molecule has 5 rings (SSSR count). The highest BCUT2D eigenvalue weighted by molar-refractivity contribution is 6.32. The maximum Gasteiger partial charge on any atom is 0.303 e. The van der Waals surface area contributed by atoms with E-state index in [2.05, 4.69) is 49.1 Å². The van der Waals surface area contributed by atoms with Crippen molar-refractivity contribution in [3.05, 3.63) is 58.1 Å². The summed E-state index contributed by atoms with van der Waals surface area (Å²) < 4.78 is 6.06. The minimum Gasteiger partial charge on any atom is -0.506 e. The molecule has 0 aromatic heterocycles. The van der Waals surface area contributed by atoms with E-state index >= 15 is 0 Å². The molecule has 6 atom stereocenters.